The third-order valence-electron chi connectivity index (χ3n) is 3.72. The minimum absolute atomic E-state index is 0.351. The first-order valence-corrected chi connectivity index (χ1v) is 6.63. The molecule has 4 nitrogen and oxygen atoms in total. The predicted molar refractivity (Wildman–Crippen MR) is 77.2 cm³/mol. The molecule has 1 atom stereocenters. The van der Waals surface area contributed by atoms with Crippen molar-refractivity contribution in [2.45, 2.75) is 19.3 Å². The van der Waals surface area contributed by atoms with Gasteiger partial charge in [-0.3, -0.25) is 0 Å². The Morgan fingerprint density at radius 1 is 1.26 bits per heavy atom. The number of hydrogen-bond donors (Lipinski definition) is 1. The van der Waals surface area contributed by atoms with Crippen LogP contribution in [0, 0.1) is 6.92 Å². The Labute approximate surface area is 113 Å². The highest BCUT2D eigenvalue weighted by Gasteiger charge is 2.25. The van der Waals surface area contributed by atoms with Crippen molar-refractivity contribution in [3.63, 3.8) is 0 Å². The van der Waals surface area contributed by atoms with E-state index in [2.05, 4.69) is 45.2 Å². The topological polar surface area (TPSA) is 55.0 Å². The Morgan fingerprint density at radius 3 is 2.84 bits per heavy atom. The van der Waals surface area contributed by atoms with Gasteiger partial charge < -0.3 is 10.6 Å². The SMILES string of the molecule is Cc1cnc(N)nc1N1CCC(c2ccccc2)C1. The van der Waals surface area contributed by atoms with Crippen molar-refractivity contribution < 1.29 is 0 Å². The summed E-state index contributed by atoms with van der Waals surface area (Å²) in [5.74, 6) is 1.91. The quantitative estimate of drug-likeness (QED) is 0.894. The van der Waals surface area contributed by atoms with Crippen LogP contribution >= 0.6 is 0 Å². The molecule has 0 bridgehead atoms. The van der Waals surface area contributed by atoms with Gasteiger partial charge in [0, 0.05) is 30.8 Å². The molecule has 1 aromatic heterocycles. The smallest absolute Gasteiger partial charge is 0.221 e. The zero-order valence-corrected chi connectivity index (χ0v) is 11.1. The third kappa shape index (κ3) is 2.38. The number of aromatic nitrogens is 2. The Bertz CT molecular complexity index is 568. The Hall–Kier alpha value is -2.10. The molecule has 0 saturated carbocycles. The molecule has 1 aromatic carbocycles. The molecule has 0 radical (unpaired) electrons. The van der Waals surface area contributed by atoms with E-state index >= 15 is 0 Å². The van der Waals surface area contributed by atoms with Crippen LogP contribution in [0.5, 0.6) is 0 Å². The van der Waals surface area contributed by atoms with Crippen LogP contribution in [0.25, 0.3) is 0 Å². The van der Waals surface area contributed by atoms with Crippen molar-refractivity contribution in [3.05, 3.63) is 47.7 Å². The van der Waals surface area contributed by atoms with E-state index in [1.807, 2.05) is 6.92 Å². The second-order valence-electron chi connectivity index (χ2n) is 5.08. The van der Waals surface area contributed by atoms with Gasteiger partial charge in [-0.2, -0.15) is 4.98 Å². The number of nitrogens with zero attached hydrogens (tertiary/aromatic N) is 3. The molecular formula is C15H18N4. The van der Waals surface area contributed by atoms with Crippen LogP contribution in [0.2, 0.25) is 0 Å². The molecule has 0 spiro atoms. The Kier molecular flexibility index (Phi) is 3.07. The Morgan fingerprint density at radius 2 is 2.05 bits per heavy atom. The van der Waals surface area contributed by atoms with Crippen molar-refractivity contribution in [1.82, 2.24) is 9.97 Å². The highest BCUT2D eigenvalue weighted by Crippen LogP contribution is 2.31. The third-order valence-corrected chi connectivity index (χ3v) is 3.72. The monoisotopic (exact) mass is 254 g/mol. The lowest BCUT2D eigenvalue weighted by Crippen LogP contribution is -2.22. The number of hydrogen-bond acceptors (Lipinski definition) is 4. The molecule has 0 amide bonds. The zero-order chi connectivity index (χ0) is 13.2. The maximum Gasteiger partial charge on any atom is 0.221 e. The molecule has 1 saturated heterocycles. The number of anilines is 2. The number of aryl methyl sites for hydroxylation is 1. The van der Waals surface area contributed by atoms with Gasteiger partial charge in [-0.1, -0.05) is 30.3 Å². The van der Waals surface area contributed by atoms with E-state index in [1.165, 1.54) is 5.56 Å². The number of nitrogens with two attached hydrogens (primary N) is 1. The fourth-order valence-electron chi connectivity index (χ4n) is 2.72. The molecule has 2 aromatic rings. The van der Waals surface area contributed by atoms with Gasteiger partial charge >= 0.3 is 0 Å². The summed E-state index contributed by atoms with van der Waals surface area (Å²) in [7, 11) is 0. The lowest BCUT2D eigenvalue weighted by Gasteiger charge is -2.19. The number of benzene rings is 1. The first kappa shape index (κ1) is 12.0. The van der Waals surface area contributed by atoms with Crippen molar-refractivity contribution in [2.24, 2.45) is 0 Å². The lowest BCUT2D eigenvalue weighted by molar-refractivity contribution is 0.774. The summed E-state index contributed by atoms with van der Waals surface area (Å²) in [6.07, 6.45) is 2.96. The summed E-state index contributed by atoms with van der Waals surface area (Å²) in [5, 5.41) is 0. The van der Waals surface area contributed by atoms with E-state index in [4.69, 9.17) is 5.73 Å². The van der Waals surface area contributed by atoms with E-state index < -0.39 is 0 Å². The minimum atomic E-state index is 0.351. The van der Waals surface area contributed by atoms with Crippen molar-refractivity contribution in [1.29, 1.82) is 0 Å². The number of rotatable bonds is 2. The normalized spacial score (nSPS) is 18.8. The minimum Gasteiger partial charge on any atom is -0.368 e. The number of nitrogen functional groups attached to an aromatic ring is 1. The first-order chi connectivity index (χ1) is 9.24. The van der Waals surface area contributed by atoms with Gasteiger partial charge in [0.2, 0.25) is 5.95 Å². The van der Waals surface area contributed by atoms with Gasteiger partial charge in [-0.05, 0) is 18.9 Å². The summed E-state index contributed by atoms with van der Waals surface area (Å²) < 4.78 is 0. The molecule has 1 fully saturated rings. The van der Waals surface area contributed by atoms with Crippen LogP contribution in [-0.4, -0.2) is 23.1 Å². The molecule has 1 unspecified atom stereocenters. The Balaban J connectivity index is 1.81. The van der Waals surface area contributed by atoms with Crippen molar-refractivity contribution in [2.75, 3.05) is 23.7 Å². The average molecular weight is 254 g/mol. The fraction of sp³-hybridized carbons (Fsp3) is 0.333. The summed E-state index contributed by atoms with van der Waals surface area (Å²) in [5.41, 5.74) is 8.19. The van der Waals surface area contributed by atoms with E-state index in [0.717, 1.165) is 30.9 Å². The second kappa shape index (κ2) is 4.88. The van der Waals surface area contributed by atoms with Gasteiger partial charge in [-0.15, -0.1) is 0 Å². The molecule has 19 heavy (non-hydrogen) atoms. The standard InChI is InChI=1S/C15H18N4/c1-11-9-17-15(16)18-14(11)19-8-7-13(10-19)12-5-3-2-4-6-12/h2-6,9,13H,7-8,10H2,1H3,(H2,16,17,18). The first-order valence-electron chi connectivity index (χ1n) is 6.63. The summed E-state index contributed by atoms with van der Waals surface area (Å²) in [6, 6.07) is 10.7. The van der Waals surface area contributed by atoms with Crippen LogP contribution in [0.1, 0.15) is 23.5 Å². The molecule has 98 valence electrons. The van der Waals surface area contributed by atoms with Crippen LogP contribution in [0.15, 0.2) is 36.5 Å². The largest absolute Gasteiger partial charge is 0.368 e. The molecule has 2 heterocycles. The van der Waals surface area contributed by atoms with E-state index in [0.29, 0.717) is 11.9 Å². The lowest BCUT2D eigenvalue weighted by atomic mass is 9.99. The molecule has 4 heteroatoms. The maximum absolute atomic E-state index is 5.69. The van der Waals surface area contributed by atoms with E-state index in [1.54, 1.807) is 6.20 Å². The molecule has 0 aliphatic carbocycles. The maximum atomic E-state index is 5.69. The molecule has 1 aliphatic rings. The fourth-order valence-corrected chi connectivity index (χ4v) is 2.72. The highest BCUT2D eigenvalue weighted by atomic mass is 15.2. The van der Waals surface area contributed by atoms with Crippen LogP contribution < -0.4 is 10.6 Å². The summed E-state index contributed by atoms with van der Waals surface area (Å²) in [6.45, 7) is 4.06. The average Bonchev–Trinajstić information content (AvgIpc) is 2.92. The van der Waals surface area contributed by atoms with E-state index in [9.17, 15) is 0 Å². The van der Waals surface area contributed by atoms with Gasteiger partial charge in [0.1, 0.15) is 5.82 Å². The highest BCUT2D eigenvalue weighted by molar-refractivity contribution is 5.49. The zero-order valence-electron chi connectivity index (χ0n) is 11.1. The van der Waals surface area contributed by atoms with Crippen LogP contribution in [-0.2, 0) is 0 Å². The molecule has 3 rings (SSSR count). The van der Waals surface area contributed by atoms with Crippen LogP contribution in [0.3, 0.4) is 0 Å². The van der Waals surface area contributed by atoms with Crippen molar-refractivity contribution in [3.8, 4) is 0 Å². The molecule has 1 aliphatic heterocycles. The molecule has 2 N–H and O–H groups in total. The van der Waals surface area contributed by atoms with E-state index in [-0.39, 0.29) is 0 Å². The van der Waals surface area contributed by atoms with Gasteiger partial charge in [0.15, 0.2) is 0 Å². The van der Waals surface area contributed by atoms with Gasteiger partial charge in [0.25, 0.3) is 0 Å². The summed E-state index contributed by atoms with van der Waals surface area (Å²) in [4.78, 5) is 10.7. The second-order valence-corrected chi connectivity index (χ2v) is 5.08. The van der Waals surface area contributed by atoms with Crippen LogP contribution in [0.4, 0.5) is 11.8 Å². The van der Waals surface area contributed by atoms with Crippen molar-refractivity contribution >= 4 is 11.8 Å². The summed E-state index contributed by atoms with van der Waals surface area (Å²) >= 11 is 0. The molecular weight excluding hydrogens is 236 g/mol. The van der Waals surface area contributed by atoms with Gasteiger partial charge in [0.05, 0.1) is 0 Å². The predicted octanol–water partition coefficient (Wildman–Crippen LogP) is 2.36. The van der Waals surface area contributed by atoms with Gasteiger partial charge in [-0.25, -0.2) is 4.98 Å².